The zero-order valence-corrected chi connectivity index (χ0v) is 17.4. The minimum absolute atomic E-state index is 0.164. The van der Waals surface area contributed by atoms with E-state index in [2.05, 4.69) is 0 Å². The summed E-state index contributed by atoms with van der Waals surface area (Å²) in [4.78, 5) is 26.2. The molecular weight excluding hydrogens is 410 g/mol. The van der Waals surface area contributed by atoms with Crippen LogP contribution in [0.2, 0.25) is 0 Å². The van der Waals surface area contributed by atoms with Gasteiger partial charge in [-0.05, 0) is 36.3 Å². The van der Waals surface area contributed by atoms with Gasteiger partial charge in [0.2, 0.25) is 0 Å². The third-order valence-electron chi connectivity index (χ3n) is 4.21. The summed E-state index contributed by atoms with van der Waals surface area (Å²) in [7, 11) is 1.53. The van der Waals surface area contributed by atoms with Gasteiger partial charge in [-0.15, -0.1) is 0 Å². The summed E-state index contributed by atoms with van der Waals surface area (Å²) >= 11 is 6.35. The van der Waals surface area contributed by atoms with Crippen LogP contribution >= 0.6 is 24.0 Å². The third-order valence-corrected chi connectivity index (χ3v) is 5.54. The van der Waals surface area contributed by atoms with Crippen molar-refractivity contribution in [3.05, 3.63) is 64.6 Å². The molecule has 6 nitrogen and oxygen atoms in total. The molecule has 1 amide bonds. The van der Waals surface area contributed by atoms with Gasteiger partial charge in [-0.25, -0.2) is 0 Å². The molecule has 1 saturated heterocycles. The molecule has 0 unspecified atom stereocenters. The van der Waals surface area contributed by atoms with Crippen molar-refractivity contribution in [3.8, 4) is 11.5 Å². The molecule has 150 valence electrons. The Morgan fingerprint density at radius 3 is 2.59 bits per heavy atom. The summed E-state index contributed by atoms with van der Waals surface area (Å²) in [6.45, 7) is 2.37. The molecule has 0 aliphatic carbocycles. The van der Waals surface area contributed by atoms with Gasteiger partial charge in [0.25, 0.3) is 5.91 Å². The Morgan fingerprint density at radius 1 is 1.24 bits per heavy atom. The normalized spacial score (nSPS) is 16.2. The summed E-state index contributed by atoms with van der Waals surface area (Å²) in [5, 5.41) is 11.8. The largest absolute Gasteiger partial charge is 0.547 e. The SMILES string of the molecule is CCOc1ccc(/C=C2/SC(=S)N([C@@H](C(=O)[O-])c3ccccc3)C2=O)cc1OC. The fraction of sp³-hybridized carbons (Fsp3) is 0.190. The Morgan fingerprint density at radius 2 is 1.97 bits per heavy atom. The summed E-state index contributed by atoms with van der Waals surface area (Å²) in [5.74, 6) is -0.740. The first-order valence-corrected chi connectivity index (χ1v) is 10.0. The van der Waals surface area contributed by atoms with Crippen LogP contribution in [0.15, 0.2) is 53.4 Å². The van der Waals surface area contributed by atoms with Gasteiger partial charge in [0.1, 0.15) is 10.4 Å². The van der Waals surface area contributed by atoms with E-state index in [-0.39, 0.29) is 4.32 Å². The predicted molar refractivity (Wildman–Crippen MR) is 113 cm³/mol. The number of ether oxygens (including phenoxy) is 2. The number of nitrogens with zero attached hydrogens (tertiary/aromatic N) is 1. The number of methoxy groups -OCH3 is 1. The first-order chi connectivity index (χ1) is 14.0. The van der Waals surface area contributed by atoms with E-state index in [1.54, 1.807) is 54.6 Å². The highest BCUT2D eigenvalue weighted by Crippen LogP contribution is 2.39. The second-order valence-electron chi connectivity index (χ2n) is 6.03. The molecule has 2 aromatic rings. The van der Waals surface area contributed by atoms with Crippen LogP contribution in [0.3, 0.4) is 0 Å². The molecule has 1 atom stereocenters. The van der Waals surface area contributed by atoms with Crippen LogP contribution in [0.4, 0.5) is 0 Å². The fourth-order valence-electron chi connectivity index (χ4n) is 2.93. The summed E-state index contributed by atoms with van der Waals surface area (Å²) in [5.41, 5.74) is 1.13. The smallest absolute Gasteiger partial charge is 0.267 e. The molecule has 0 saturated carbocycles. The van der Waals surface area contributed by atoms with Crippen molar-refractivity contribution >= 4 is 46.3 Å². The fourth-order valence-corrected chi connectivity index (χ4v) is 4.24. The van der Waals surface area contributed by atoms with Gasteiger partial charge >= 0.3 is 0 Å². The van der Waals surface area contributed by atoms with Crippen LogP contribution in [-0.2, 0) is 9.59 Å². The van der Waals surface area contributed by atoms with Crippen LogP contribution in [0, 0.1) is 0 Å². The highest BCUT2D eigenvalue weighted by atomic mass is 32.2. The molecule has 1 fully saturated rings. The van der Waals surface area contributed by atoms with Gasteiger partial charge in [0.15, 0.2) is 11.5 Å². The number of carboxylic acids is 1. The molecule has 0 N–H and O–H groups in total. The van der Waals surface area contributed by atoms with E-state index >= 15 is 0 Å². The Balaban J connectivity index is 1.93. The predicted octanol–water partition coefficient (Wildman–Crippen LogP) is 2.79. The molecule has 1 aliphatic heterocycles. The van der Waals surface area contributed by atoms with Gasteiger partial charge < -0.3 is 19.4 Å². The first kappa shape index (κ1) is 20.9. The average Bonchev–Trinajstić information content (AvgIpc) is 2.98. The first-order valence-electron chi connectivity index (χ1n) is 8.80. The number of rotatable bonds is 7. The van der Waals surface area contributed by atoms with Gasteiger partial charge in [-0.1, -0.05) is 60.4 Å². The Labute approximate surface area is 178 Å². The van der Waals surface area contributed by atoms with Crippen molar-refractivity contribution in [2.75, 3.05) is 13.7 Å². The van der Waals surface area contributed by atoms with Gasteiger partial charge in [0.05, 0.1) is 24.6 Å². The number of thioether (sulfide) groups is 1. The average molecular weight is 429 g/mol. The number of benzene rings is 2. The molecule has 0 bridgehead atoms. The lowest BCUT2D eigenvalue weighted by atomic mass is 10.1. The molecule has 29 heavy (non-hydrogen) atoms. The second kappa shape index (κ2) is 9.11. The lowest BCUT2D eigenvalue weighted by Gasteiger charge is -2.27. The van der Waals surface area contributed by atoms with E-state index in [4.69, 9.17) is 21.7 Å². The molecule has 0 aromatic heterocycles. The number of hydrogen-bond acceptors (Lipinski definition) is 7. The van der Waals surface area contributed by atoms with Crippen LogP contribution in [0.5, 0.6) is 11.5 Å². The number of carbonyl (C=O) groups is 2. The lowest BCUT2D eigenvalue weighted by molar-refractivity contribution is -0.310. The van der Waals surface area contributed by atoms with Crippen LogP contribution in [-0.4, -0.2) is 34.8 Å². The Kier molecular flexibility index (Phi) is 6.56. The minimum Gasteiger partial charge on any atom is -0.547 e. The summed E-state index contributed by atoms with van der Waals surface area (Å²) < 4.78 is 11.0. The maximum atomic E-state index is 13.0. The monoisotopic (exact) mass is 428 g/mol. The van der Waals surface area contributed by atoms with E-state index in [1.807, 2.05) is 6.92 Å². The van der Waals surface area contributed by atoms with E-state index in [0.29, 0.717) is 34.1 Å². The molecule has 8 heteroatoms. The number of aliphatic carboxylic acids is 1. The van der Waals surface area contributed by atoms with E-state index in [1.165, 1.54) is 7.11 Å². The van der Waals surface area contributed by atoms with Crippen molar-refractivity contribution in [2.24, 2.45) is 0 Å². The zero-order valence-electron chi connectivity index (χ0n) is 15.8. The number of thiocarbonyl (C=S) groups is 1. The minimum atomic E-state index is -1.39. The van der Waals surface area contributed by atoms with Crippen molar-refractivity contribution in [1.82, 2.24) is 4.90 Å². The molecule has 1 heterocycles. The number of carbonyl (C=O) groups excluding carboxylic acids is 2. The standard InChI is InChI=1S/C21H19NO5S2/c1-3-27-15-10-9-13(11-16(15)26-2)12-17-19(23)22(21(28)29-17)18(20(24)25)14-7-5-4-6-8-14/h4-12,18H,3H2,1-2H3,(H,24,25)/p-1/b17-12+/t18-/m1/s1. The lowest BCUT2D eigenvalue weighted by Crippen LogP contribution is -2.43. The molecule has 0 radical (unpaired) electrons. The maximum absolute atomic E-state index is 13.0. The van der Waals surface area contributed by atoms with Crippen molar-refractivity contribution < 1.29 is 24.2 Å². The second-order valence-corrected chi connectivity index (χ2v) is 7.70. The molecular formula is C21H18NO5S2-. The molecule has 1 aliphatic rings. The molecule has 0 spiro atoms. The van der Waals surface area contributed by atoms with E-state index < -0.39 is 17.9 Å². The third kappa shape index (κ3) is 4.44. The highest BCUT2D eigenvalue weighted by molar-refractivity contribution is 8.26. The van der Waals surface area contributed by atoms with E-state index in [9.17, 15) is 14.7 Å². The quantitative estimate of drug-likeness (QED) is 0.496. The van der Waals surface area contributed by atoms with Crippen molar-refractivity contribution in [1.29, 1.82) is 0 Å². The van der Waals surface area contributed by atoms with Gasteiger partial charge in [-0.3, -0.25) is 9.69 Å². The Bertz CT molecular complexity index is 974. The number of hydrogen-bond donors (Lipinski definition) is 0. The van der Waals surface area contributed by atoms with Crippen molar-refractivity contribution in [2.45, 2.75) is 13.0 Å². The van der Waals surface area contributed by atoms with Gasteiger partial charge in [-0.2, -0.15) is 0 Å². The van der Waals surface area contributed by atoms with Gasteiger partial charge in [0, 0.05) is 0 Å². The topological polar surface area (TPSA) is 78.9 Å². The number of carboxylic acid groups (broad SMARTS) is 1. The van der Waals surface area contributed by atoms with Crippen LogP contribution < -0.4 is 14.6 Å². The maximum Gasteiger partial charge on any atom is 0.267 e. The highest BCUT2D eigenvalue weighted by Gasteiger charge is 2.38. The van der Waals surface area contributed by atoms with Crippen molar-refractivity contribution in [3.63, 3.8) is 0 Å². The zero-order chi connectivity index (χ0) is 21.0. The number of amides is 1. The van der Waals surface area contributed by atoms with Crippen LogP contribution in [0.1, 0.15) is 24.1 Å². The molecule has 3 rings (SSSR count). The van der Waals surface area contributed by atoms with E-state index in [0.717, 1.165) is 16.7 Å². The molecule has 2 aromatic carbocycles. The summed E-state index contributed by atoms with van der Waals surface area (Å²) in [6, 6.07) is 12.4. The Hall–Kier alpha value is -2.84. The summed E-state index contributed by atoms with van der Waals surface area (Å²) in [6.07, 6.45) is 1.65. The van der Waals surface area contributed by atoms with Crippen LogP contribution in [0.25, 0.3) is 6.08 Å².